The van der Waals surface area contributed by atoms with Crippen molar-refractivity contribution in [3.05, 3.63) is 65.9 Å². The van der Waals surface area contributed by atoms with E-state index in [1.807, 2.05) is 6.07 Å². The van der Waals surface area contributed by atoms with Crippen molar-refractivity contribution in [3.63, 3.8) is 0 Å². The molecule has 1 aliphatic heterocycles. The number of methoxy groups -OCH3 is 1. The van der Waals surface area contributed by atoms with Gasteiger partial charge in [0.2, 0.25) is 11.7 Å². The molecule has 10 nitrogen and oxygen atoms in total. The van der Waals surface area contributed by atoms with E-state index >= 15 is 0 Å². The number of hydrogen-bond donors (Lipinski definition) is 3. The number of aromatic nitrogens is 1. The van der Waals surface area contributed by atoms with Gasteiger partial charge in [-0.25, -0.2) is 8.78 Å². The molecule has 3 aromatic rings. The van der Waals surface area contributed by atoms with Crippen LogP contribution in [0.4, 0.5) is 8.78 Å². The predicted octanol–water partition coefficient (Wildman–Crippen LogP) is 3.94. The number of carbonyl (C=O) groups excluding carboxylic acids is 5. The highest BCUT2D eigenvalue weighted by Crippen LogP contribution is 2.66. The highest BCUT2D eigenvalue weighted by atomic mass is 19.3. The van der Waals surface area contributed by atoms with Gasteiger partial charge in [-0.15, -0.1) is 0 Å². The Kier molecular flexibility index (Phi) is 8.39. The second-order valence-electron chi connectivity index (χ2n) is 12.7. The maximum absolute atomic E-state index is 14.7. The molecule has 3 N–H and O–H groups in total. The van der Waals surface area contributed by atoms with E-state index in [9.17, 15) is 32.8 Å². The Hall–Kier alpha value is -4.61. The summed E-state index contributed by atoms with van der Waals surface area (Å²) >= 11 is 0. The number of benzene rings is 2. The lowest BCUT2D eigenvalue weighted by Crippen LogP contribution is -2.54. The zero-order chi connectivity index (χ0) is 32.6. The van der Waals surface area contributed by atoms with Crippen LogP contribution in [0.15, 0.2) is 54.6 Å². The van der Waals surface area contributed by atoms with Crippen molar-refractivity contribution in [2.24, 2.45) is 11.3 Å². The summed E-state index contributed by atoms with van der Waals surface area (Å²) in [5.74, 6) is -6.47. The summed E-state index contributed by atoms with van der Waals surface area (Å²) in [4.78, 5) is 71.0. The zero-order valence-corrected chi connectivity index (χ0v) is 25.4. The fourth-order valence-electron chi connectivity index (χ4n) is 6.89. The van der Waals surface area contributed by atoms with Crippen molar-refractivity contribution in [1.29, 1.82) is 0 Å². The summed E-state index contributed by atoms with van der Waals surface area (Å²) in [6.07, 6.45) is 1.50. The largest absolute Gasteiger partial charge is 0.496 e. The highest BCUT2D eigenvalue weighted by Gasteiger charge is 2.75. The Bertz CT molecular complexity index is 1690. The molecule has 46 heavy (non-hydrogen) atoms. The van der Waals surface area contributed by atoms with Crippen LogP contribution in [0.2, 0.25) is 0 Å². The average molecular weight is 635 g/mol. The van der Waals surface area contributed by atoms with Crippen LogP contribution in [0.5, 0.6) is 5.75 Å². The van der Waals surface area contributed by atoms with Crippen LogP contribution in [0.3, 0.4) is 0 Å². The Morgan fingerprint density at radius 2 is 1.85 bits per heavy atom. The number of ketones is 2. The lowest BCUT2D eigenvalue weighted by Gasteiger charge is -2.28. The standard InChI is InChI=1S/C34H36F2N4O6/c1-46-28-13-7-11-23-22(28)15-25(38-23)32(45)40-19-33(18-34(33,35)36)16-26(40)30(43)39-24(14-21-10-5-6-12-27(21)41)29(42)31(44)37-17-20-8-3-2-4-9-20/h2-4,7-9,11,13,15,21,24,26,38H,5-6,10,12,14,16-19H2,1H3,(H,37,44)(H,39,43)/t21-,24-,26-,33-/m0/s1. The number of nitrogens with zero attached hydrogens (tertiary/aromatic N) is 1. The van der Waals surface area contributed by atoms with E-state index in [0.29, 0.717) is 29.5 Å². The molecule has 2 saturated carbocycles. The van der Waals surface area contributed by atoms with E-state index < -0.39 is 59.3 Å². The molecule has 2 aromatic carbocycles. The third-order valence-corrected chi connectivity index (χ3v) is 9.64. The van der Waals surface area contributed by atoms with Crippen LogP contribution in [0.25, 0.3) is 10.9 Å². The van der Waals surface area contributed by atoms with Crippen molar-refractivity contribution in [2.45, 2.75) is 69.5 Å². The Morgan fingerprint density at radius 1 is 1.09 bits per heavy atom. The summed E-state index contributed by atoms with van der Waals surface area (Å²) in [6, 6.07) is 13.0. The van der Waals surface area contributed by atoms with Crippen LogP contribution in [0.1, 0.15) is 61.0 Å². The minimum Gasteiger partial charge on any atom is -0.496 e. The minimum atomic E-state index is -3.05. The molecule has 6 rings (SSSR count). The molecule has 1 saturated heterocycles. The molecule has 3 amide bonds. The first-order valence-electron chi connectivity index (χ1n) is 15.6. The van der Waals surface area contributed by atoms with E-state index in [2.05, 4.69) is 15.6 Å². The first-order chi connectivity index (χ1) is 22.0. The third kappa shape index (κ3) is 6.00. The quantitative estimate of drug-likeness (QED) is 0.289. The van der Waals surface area contributed by atoms with E-state index in [1.165, 1.54) is 7.11 Å². The van der Waals surface area contributed by atoms with Gasteiger partial charge in [0.25, 0.3) is 17.7 Å². The third-order valence-electron chi connectivity index (χ3n) is 9.64. The molecule has 3 aliphatic rings. The molecule has 4 atom stereocenters. The van der Waals surface area contributed by atoms with Gasteiger partial charge in [0.05, 0.1) is 18.6 Å². The van der Waals surface area contributed by atoms with E-state index in [-0.39, 0.29) is 37.4 Å². The number of hydrogen-bond acceptors (Lipinski definition) is 6. The molecular weight excluding hydrogens is 598 g/mol. The van der Waals surface area contributed by atoms with Crippen molar-refractivity contribution in [1.82, 2.24) is 20.5 Å². The number of amides is 3. The zero-order valence-electron chi connectivity index (χ0n) is 25.4. The number of H-pyrrole nitrogens is 1. The molecule has 2 aliphatic carbocycles. The number of aromatic amines is 1. The Labute approximate surface area is 264 Å². The molecule has 12 heteroatoms. The number of alkyl halides is 2. The molecular formula is C34H36F2N4O6. The van der Waals surface area contributed by atoms with Gasteiger partial charge in [0.15, 0.2) is 0 Å². The van der Waals surface area contributed by atoms with E-state index in [1.54, 1.807) is 48.5 Å². The first kappa shape index (κ1) is 31.4. The molecule has 242 valence electrons. The smallest absolute Gasteiger partial charge is 0.289 e. The highest BCUT2D eigenvalue weighted by molar-refractivity contribution is 6.38. The van der Waals surface area contributed by atoms with Crippen molar-refractivity contribution >= 4 is 40.2 Å². The molecule has 1 spiro atoms. The van der Waals surface area contributed by atoms with Gasteiger partial charge in [-0.3, -0.25) is 24.0 Å². The second-order valence-corrected chi connectivity index (χ2v) is 12.7. The van der Waals surface area contributed by atoms with Crippen molar-refractivity contribution < 1.29 is 37.5 Å². The van der Waals surface area contributed by atoms with Gasteiger partial charge >= 0.3 is 0 Å². The van der Waals surface area contributed by atoms with Crippen LogP contribution in [0, 0.1) is 11.3 Å². The number of Topliss-reactive ketones (excluding diaryl/α,β-unsaturated/α-hetero) is 2. The molecule has 0 radical (unpaired) electrons. The minimum absolute atomic E-state index is 0.0496. The van der Waals surface area contributed by atoms with Gasteiger partial charge in [-0.05, 0) is 49.4 Å². The number of rotatable bonds is 10. The fraction of sp³-hybridized carbons (Fsp3) is 0.441. The van der Waals surface area contributed by atoms with Gasteiger partial charge in [-0.1, -0.05) is 42.8 Å². The molecule has 2 heterocycles. The number of halogens is 2. The normalized spacial score (nSPS) is 24.1. The summed E-state index contributed by atoms with van der Waals surface area (Å²) in [6.45, 7) is -0.271. The monoisotopic (exact) mass is 634 g/mol. The summed E-state index contributed by atoms with van der Waals surface area (Å²) in [7, 11) is 1.49. The number of carbonyl (C=O) groups is 5. The molecule has 0 unspecified atom stereocenters. The van der Waals surface area contributed by atoms with E-state index in [0.717, 1.165) is 23.3 Å². The van der Waals surface area contributed by atoms with Crippen molar-refractivity contribution in [3.8, 4) is 5.75 Å². The summed E-state index contributed by atoms with van der Waals surface area (Å²) in [5.41, 5.74) is -0.102. The summed E-state index contributed by atoms with van der Waals surface area (Å²) in [5, 5.41) is 5.80. The second kappa shape index (κ2) is 12.3. The Morgan fingerprint density at radius 3 is 2.54 bits per heavy atom. The van der Waals surface area contributed by atoms with Gasteiger partial charge in [-0.2, -0.15) is 0 Å². The summed E-state index contributed by atoms with van der Waals surface area (Å²) < 4.78 is 34.7. The molecule has 1 aromatic heterocycles. The Balaban J connectivity index is 1.24. The van der Waals surface area contributed by atoms with Gasteiger partial charge < -0.3 is 25.3 Å². The fourth-order valence-corrected chi connectivity index (χ4v) is 6.89. The maximum Gasteiger partial charge on any atom is 0.289 e. The first-order valence-corrected chi connectivity index (χ1v) is 15.6. The van der Waals surface area contributed by atoms with Gasteiger partial charge in [0.1, 0.15) is 23.3 Å². The maximum atomic E-state index is 14.7. The lowest BCUT2D eigenvalue weighted by molar-refractivity contribution is -0.141. The van der Waals surface area contributed by atoms with Crippen LogP contribution >= 0.6 is 0 Å². The van der Waals surface area contributed by atoms with Crippen LogP contribution in [-0.2, 0) is 25.7 Å². The average Bonchev–Trinajstić information content (AvgIpc) is 3.38. The molecule has 0 bridgehead atoms. The number of ether oxygens (including phenoxy) is 1. The van der Waals surface area contributed by atoms with E-state index in [4.69, 9.17) is 4.74 Å². The van der Waals surface area contributed by atoms with Crippen LogP contribution in [-0.4, -0.2) is 70.8 Å². The predicted molar refractivity (Wildman–Crippen MR) is 163 cm³/mol. The lowest BCUT2D eigenvalue weighted by atomic mass is 9.82. The van der Waals surface area contributed by atoms with Crippen molar-refractivity contribution in [2.75, 3.05) is 13.7 Å². The topological polar surface area (TPSA) is 138 Å². The SMILES string of the molecule is COc1cccc2[nH]c(C(=O)N3C[C@]4(C[C@H]3C(=O)N[C@@H](C[C@@H]3CCCCC3=O)C(=O)C(=O)NCc3ccccc3)CC4(F)F)cc12. The van der Waals surface area contributed by atoms with Gasteiger partial charge in [0, 0.05) is 42.8 Å². The molecule has 3 fully saturated rings. The number of nitrogens with one attached hydrogen (secondary N) is 3. The van der Waals surface area contributed by atoms with Crippen LogP contribution < -0.4 is 15.4 Å². The number of fused-ring (bicyclic) bond motifs is 1. The number of likely N-dealkylation sites (tertiary alicyclic amines) is 1.